The van der Waals surface area contributed by atoms with Gasteiger partial charge in [-0.1, -0.05) is 18.2 Å². The van der Waals surface area contributed by atoms with Crippen LogP contribution in [0.4, 0.5) is 0 Å². The van der Waals surface area contributed by atoms with Crippen LogP contribution in [0.25, 0.3) is 23.6 Å². The number of hydrogen-bond donors (Lipinski definition) is 0. The average molecular weight is 266 g/mol. The van der Waals surface area contributed by atoms with Gasteiger partial charge in [0.05, 0.1) is 6.20 Å². The molecule has 0 spiro atoms. The fourth-order valence-corrected chi connectivity index (χ4v) is 1.81. The summed E-state index contributed by atoms with van der Waals surface area (Å²) in [7, 11) is 0. The molecule has 0 unspecified atom stereocenters. The van der Waals surface area contributed by atoms with Crippen molar-refractivity contribution >= 4 is 12.2 Å². The van der Waals surface area contributed by atoms with E-state index in [1.54, 1.807) is 12.3 Å². The Balaban J connectivity index is 1.77. The molecule has 0 aliphatic carbocycles. The summed E-state index contributed by atoms with van der Waals surface area (Å²) in [5.41, 5.74) is 1.92. The van der Waals surface area contributed by atoms with Gasteiger partial charge in [-0.2, -0.15) is 5.10 Å². The molecule has 0 fully saturated rings. The SMILES string of the molecule is CCn1cc(/C=C/c2nnc(-c3ccccc3)o2)cn1. The van der Waals surface area contributed by atoms with Crippen LogP contribution >= 0.6 is 0 Å². The lowest BCUT2D eigenvalue weighted by Crippen LogP contribution is -1.91. The highest BCUT2D eigenvalue weighted by Gasteiger charge is 2.05. The quantitative estimate of drug-likeness (QED) is 0.728. The van der Waals surface area contributed by atoms with Gasteiger partial charge in [0, 0.05) is 29.9 Å². The van der Waals surface area contributed by atoms with Crippen LogP contribution in [0.2, 0.25) is 0 Å². The van der Waals surface area contributed by atoms with Gasteiger partial charge in [0.1, 0.15) is 0 Å². The average Bonchev–Trinajstić information content (AvgIpc) is 3.15. The van der Waals surface area contributed by atoms with E-state index in [-0.39, 0.29) is 0 Å². The first-order valence-electron chi connectivity index (χ1n) is 6.44. The maximum atomic E-state index is 5.59. The van der Waals surface area contributed by atoms with Gasteiger partial charge in [0.15, 0.2) is 0 Å². The summed E-state index contributed by atoms with van der Waals surface area (Å²) in [5, 5.41) is 12.2. The van der Waals surface area contributed by atoms with E-state index in [4.69, 9.17) is 4.42 Å². The van der Waals surface area contributed by atoms with Crippen LogP contribution in [0, 0.1) is 0 Å². The van der Waals surface area contributed by atoms with Crippen molar-refractivity contribution in [1.29, 1.82) is 0 Å². The largest absolute Gasteiger partial charge is 0.417 e. The van der Waals surface area contributed by atoms with Crippen LogP contribution in [0.1, 0.15) is 18.4 Å². The molecule has 0 radical (unpaired) electrons. The van der Waals surface area contributed by atoms with Crippen molar-refractivity contribution in [2.45, 2.75) is 13.5 Å². The highest BCUT2D eigenvalue weighted by Crippen LogP contribution is 2.17. The molecule has 5 nitrogen and oxygen atoms in total. The van der Waals surface area contributed by atoms with Crippen molar-refractivity contribution in [1.82, 2.24) is 20.0 Å². The second-order valence-corrected chi connectivity index (χ2v) is 4.27. The van der Waals surface area contributed by atoms with E-state index in [9.17, 15) is 0 Å². The number of rotatable bonds is 4. The van der Waals surface area contributed by atoms with Gasteiger partial charge < -0.3 is 4.42 Å². The molecule has 3 aromatic rings. The minimum Gasteiger partial charge on any atom is -0.417 e. The summed E-state index contributed by atoms with van der Waals surface area (Å²) in [4.78, 5) is 0. The number of aromatic nitrogens is 4. The van der Waals surface area contributed by atoms with E-state index in [1.165, 1.54) is 0 Å². The molecule has 0 aliphatic rings. The maximum Gasteiger partial charge on any atom is 0.248 e. The lowest BCUT2D eigenvalue weighted by molar-refractivity contribution is 0.558. The van der Waals surface area contributed by atoms with Crippen LogP contribution in [0.15, 0.2) is 47.1 Å². The van der Waals surface area contributed by atoms with Gasteiger partial charge in [-0.25, -0.2) is 0 Å². The Kier molecular flexibility index (Phi) is 3.41. The Morgan fingerprint density at radius 3 is 2.75 bits per heavy atom. The summed E-state index contributed by atoms with van der Waals surface area (Å²) in [6.45, 7) is 2.90. The summed E-state index contributed by atoms with van der Waals surface area (Å²) >= 11 is 0. The van der Waals surface area contributed by atoms with Crippen molar-refractivity contribution in [3.05, 3.63) is 54.2 Å². The summed E-state index contributed by atoms with van der Waals surface area (Å²) in [6, 6.07) is 9.70. The Morgan fingerprint density at radius 2 is 2.00 bits per heavy atom. The predicted octanol–water partition coefficient (Wildman–Crippen LogP) is 3.12. The first-order chi connectivity index (χ1) is 9.85. The zero-order valence-electron chi connectivity index (χ0n) is 11.1. The zero-order valence-corrected chi connectivity index (χ0v) is 11.1. The molecule has 2 aromatic heterocycles. The first-order valence-corrected chi connectivity index (χ1v) is 6.44. The maximum absolute atomic E-state index is 5.59. The molecular formula is C15H14N4O. The second kappa shape index (κ2) is 5.52. The van der Waals surface area contributed by atoms with Gasteiger partial charge >= 0.3 is 0 Å². The molecule has 2 heterocycles. The third-order valence-electron chi connectivity index (χ3n) is 2.86. The fraction of sp³-hybridized carbons (Fsp3) is 0.133. The van der Waals surface area contributed by atoms with E-state index in [1.807, 2.05) is 54.2 Å². The molecule has 0 aliphatic heterocycles. The first kappa shape index (κ1) is 12.3. The fourth-order valence-electron chi connectivity index (χ4n) is 1.81. The summed E-state index contributed by atoms with van der Waals surface area (Å²) < 4.78 is 7.45. The molecule has 0 saturated carbocycles. The third kappa shape index (κ3) is 2.66. The van der Waals surface area contributed by atoms with Gasteiger partial charge in [0.2, 0.25) is 11.8 Å². The normalized spacial score (nSPS) is 11.2. The van der Waals surface area contributed by atoms with Crippen molar-refractivity contribution in [2.24, 2.45) is 0 Å². The molecule has 5 heteroatoms. The van der Waals surface area contributed by atoms with Crippen molar-refractivity contribution in [2.75, 3.05) is 0 Å². The molecule has 1 aromatic carbocycles. The summed E-state index contributed by atoms with van der Waals surface area (Å²) in [5.74, 6) is 1.00. The predicted molar refractivity (Wildman–Crippen MR) is 76.6 cm³/mol. The smallest absolute Gasteiger partial charge is 0.248 e. The standard InChI is InChI=1S/C15H14N4O/c1-2-19-11-12(10-16-19)8-9-14-17-18-15(20-14)13-6-4-3-5-7-13/h3-11H,2H2,1H3/b9-8+. The molecule has 100 valence electrons. The van der Waals surface area contributed by atoms with E-state index >= 15 is 0 Å². The minimum absolute atomic E-state index is 0.480. The van der Waals surface area contributed by atoms with Crippen LogP contribution in [0.5, 0.6) is 0 Å². The highest BCUT2D eigenvalue weighted by atomic mass is 16.4. The Bertz CT molecular complexity index is 712. The highest BCUT2D eigenvalue weighted by molar-refractivity contribution is 5.65. The molecular weight excluding hydrogens is 252 g/mol. The second-order valence-electron chi connectivity index (χ2n) is 4.27. The van der Waals surface area contributed by atoms with E-state index in [0.717, 1.165) is 17.7 Å². The third-order valence-corrected chi connectivity index (χ3v) is 2.86. The molecule has 0 amide bonds. The van der Waals surface area contributed by atoms with Crippen LogP contribution in [0.3, 0.4) is 0 Å². The molecule has 0 atom stereocenters. The Hall–Kier alpha value is -2.69. The van der Waals surface area contributed by atoms with Crippen molar-refractivity contribution in [3.8, 4) is 11.5 Å². The summed E-state index contributed by atoms with van der Waals surface area (Å²) in [6.07, 6.45) is 7.46. The topological polar surface area (TPSA) is 56.7 Å². The number of hydrogen-bond acceptors (Lipinski definition) is 4. The number of benzene rings is 1. The van der Waals surface area contributed by atoms with Gasteiger partial charge in [-0.3, -0.25) is 4.68 Å². The molecule has 0 N–H and O–H groups in total. The van der Waals surface area contributed by atoms with Crippen molar-refractivity contribution in [3.63, 3.8) is 0 Å². The lowest BCUT2D eigenvalue weighted by atomic mass is 10.2. The van der Waals surface area contributed by atoms with Crippen molar-refractivity contribution < 1.29 is 4.42 Å². The van der Waals surface area contributed by atoms with Gasteiger partial charge in [-0.15, -0.1) is 10.2 Å². The van der Waals surface area contributed by atoms with Gasteiger partial charge in [0.25, 0.3) is 0 Å². The van der Waals surface area contributed by atoms with E-state index < -0.39 is 0 Å². The minimum atomic E-state index is 0.480. The van der Waals surface area contributed by atoms with Crippen LogP contribution in [-0.2, 0) is 6.54 Å². The molecule has 0 saturated heterocycles. The zero-order chi connectivity index (χ0) is 13.8. The number of nitrogens with zero attached hydrogens (tertiary/aromatic N) is 4. The molecule has 20 heavy (non-hydrogen) atoms. The van der Waals surface area contributed by atoms with Crippen LogP contribution in [-0.4, -0.2) is 20.0 Å². The Labute approximate surface area is 116 Å². The van der Waals surface area contributed by atoms with E-state index in [2.05, 4.69) is 15.3 Å². The monoisotopic (exact) mass is 266 g/mol. The van der Waals surface area contributed by atoms with Crippen LogP contribution < -0.4 is 0 Å². The van der Waals surface area contributed by atoms with E-state index in [0.29, 0.717) is 11.8 Å². The lowest BCUT2D eigenvalue weighted by Gasteiger charge is -1.91. The Morgan fingerprint density at radius 1 is 1.15 bits per heavy atom. The molecule has 3 rings (SSSR count). The number of aryl methyl sites for hydroxylation is 1. The van der Waals surface area contributed by atoms with Gasteiger partial charge in [-0.05, 0) is 25.1 Å². The molecule has 0 bridgehead atoms.